The molecule has 1 aromatic carbocycles. The fraction of sp³-hybridized carbons (Fsp3) is 0.364. The van der Waals surface area contributed by atoms with Crippen molar-refractivity contribution in [2.45, 2.75) is 19.1 Å². The smallest absolute Gasteiger partial charge is 0.342 e. The van der Waals surface area contributed by atoms with Crippen LogP contribution in [0.3, 0.4) is 0 Å². The van der Waals surface area contributed by atoms with Crippen molar-refractivity contribution in [1.82, 2.24) is 0 Å². The van der Waals surface area contributed by atoms with E-state index in [2.05, 4.69) is 4.74 Å². The summed E-state index contributed by atoms with van der Waals surface area (Å²) in [7, 11) is 0. The molecular formula is C11H12Cl2FNO2. The number of benzene rings is 1. The molecule has 0 fully saturated rings. The van der Waals surface area contributed by atoms with E-state index in [0.29, 0.717) is 10.6 Å². The molecule has 0 aliphatic carbocycles. The first-order valence-corrected chi connectivity index (χ1v) is 5.74. The zero-order valence-corrected chi connectivity index (χ0v) is 10.6. The SMILES string of the molecule is CCOC(=O)C(F)[C@H](N)c1ccc(Cl)cc1Cl. The van der Waals surface area contributed by atoms with Gasteiger partial charge in [0, 0.05) is 10.0 Å². The Bertz CT molecular complexity index is 414. The molecule has 0 saturated carbocycles. The molecule has 1 rings (SSSR count). The lowest BCUT2D eigenvalue weighted by molar-refractivity contribution is -0.149. The van der Waals surface area contributed by atoms with E-state index in [1.165, 1.54) is 18.2 Å². The number of nitrogens with two attached hydrogens (primary N) is 1. The predicted molar refractivity (Wildman–Crippen MR) is 64.9 cm³/mol. The molecule has 1 unspecified atom stereocenters. The Balaban J connectivity index is 2.88. The molecule has 6 heteroatoms. The van der Waals surface area contributed by atoms with Crippen molar-refractivity contribution >= 4 is 29.2 Å². The lowest BCUT2D eigenvalue weighted by Crippen LogP contribution is -2.31. The number of carbonyl (C=O) groups excluding carboxylic acids is 1. The van der Waals surface area contributed by atoms with Gasteiger partial charge in [-0.3, -0.25) is 0 Å². The Morgan fingerprint density at radius 3 is 2.71 bits per heavy atom. The molecule has 17 heavy (non-hydrogen) atoms. The molecule has 2 N–H and O–H groups in total. The lowest BCUT2D eigenvalue weighted by atomic mass is 10.0. The fourth-order valence-electron chi connectivity index (χ4n) is 1.30. The Morgan fingerprint density at radius 1 is 1.53 bits per heavy atom. The summed E-state index contributed by atoms with van der Waals surface area (Å²) in [4.78, 5) is 11.2. The molecule has 0 radical (unpaired) electrons. The third-order valence-electron chi connectivity index (χ3n) is 2.15. The molecule has 0 spiro atoms. The molecule has 3 nitrogen and oxygen atoms in total. The van der Waals surface area contributed by atoms with Gasteiger partial charge in [0.05, 0.1) is 12.6 Å². The third kappa shape index (κ3) is 3.56. The molecule has 0 saturated heterocycles. The van der Waals surface area contributed by atoms with Crippen molar-refractivity contribution in [1.29, 1.82) is 0 Å². The molecule has 0 aliphatic heterocycles. The molecule has 1 aromatic rings. The molecule has 0 aromatic heterocycles. The number of ether oxygens (including phenoxy) is 1. The van der Waals surface area contributed by atoms with Gasteiger partial charge in [-0.1, -0.05) is 29.3 Å². The topological polar surface area (TPSA) is 52.3 Å². The van der Waals surface area contributed by atoms with Crippen LogP contribution in [-0.2, 0) is 9.53 Å². The highest BCUT2D eigenvalue weighted by Gasteiger charge is 2.29. The van der Waals surface area contributed by atoms with Crippen LogP contribution in [0, 0.1) is 0 Å². The van der Waals surface area contributed by atoms with Gasteiger partial charge in [0.25, 0.3) is 0 Å². The summed E-state index contributed by atoms with van der Waals surface area (Å²) >= 11 is 11.6. The lowest BCUT2D eigenvalue weighted by Gasteiger charge is -2.17. The summed E-state index contributed by atoms with van der Waals surface area (Å²) in [5, 5.41) is 0.634. The molecule has 0 bridgehead atoms. The van der Waals surface area contributed by atoms with E-state index in [-0.39, 0.29) is 11.6 Å². The van der Waals surface area contributed by atoms with Crippen molar-refractivity contribution in [3.8, 4) is 0 Å². The highest BCUT2D eigenvalue weighted by atomic mass is 35.5. The Morgan fingerprint density at radius 2 is 2.18 bits per heavy atom. The largest absolute Gasteiger partial charge is 0.464 e. The van der Waals surface area contributed by atoms with Crippen molar-refractivity contribution in [2.24, 2.45) is 5.73 Å². The Hall–Kier alpha value is -0.840. The van der Waals surface area contributed by atoms with Crippen LogP contribution in [0.25, 0.3) is 0 Å². The second-order valence-corrected chi connectivity index (χ2v) is 4.19. The Kier molecular flexibility index (Phi) is 5.18. The first-order chi connectivity index (χ1) is 7.97. The summed E-state index contributed by atoms with van der Waals surface area (Å²) in [6.45, 7) is 1.69. The van der Waals surface area contributed by atoms with Gasteiger partial charge in [-0.2, -0.15) is 0 Å². The van der Waals surface area contributed by atoms with Crippen LogP contribution in [0.15, 0.2) is 18.2 Å². The second kappa shape index (κ2) is 6.19. The summed E-state index contributed by atoms with van der Waals surface area (Å²) in [5.41, 5.74) is 5.93. The van der Waals surface area contributed by atoms with Gasteiger partial charge in [-0.25, -0.2) is 9.18 Å². The van der Waals surface area contributed by atoms with Crippen LogP contribution in [0.2, 0.25) is 10.0 Å². The summed E-state index contributed by atoms with van der Waals surface area (Å²) in [6, 6.07) is 3.29. The number of hydrogen-bond donors (Lipinski definition) is 1. The average molecular weight is 280 g/mol. The number of alkyl halides is 1. The van der Waals surface area contributed by atoms with E-state index in [4.69, 9.17) is 28.9 Å². The average Bonchev–Trinajstić information content (AvgIpc) is 2.27. The van der Waals surface area contributed by atoms with Crippen molar-refractivity contribution in [3.05, 3.63) is 33.8 Å². The maximum Gasteiger partial charge on any atom is 0.342 e. The van der Waals surface area contributed by atoms with Crippen LogP contribution in [0.1, 0.15) is 18.5 Å². The standard InChI is InChI=1S/C11H12Cl2FNO2/c1-2-17-11(16)9(14)10(15)7-4-3-6(12)5-8(7)13/h3-5,9-10H,2,15H2,1H3/t9?,10-/m1/s1. The normalized spacial score (nSPS) is 14.2. The number of esters is 1. The second-order valence-electron chi connectivity index (χ2n) is 3.35. The van der Waals surface area contributed by atoms with Crippen LogP contribution in [0.4, 0.5) is 4.39 Å². The van der Waals surface area contributed by atoms with Crippen molar-refractivity contribution in [2.75, 3.05) is 6.61 Å². The van der Waals surface area contributed by atoms with Crippen LogP contribution in [-0.4, -0.2) is 18.7 Å². The first kappa shape index (κ1) is 14.2. The van der Waals surface area contributed by atoms with Crippen molar-refractivity contribution in [3.63, 3.8) is 0 Å². The minimum Gasteiger partial charge on any atom is -0.464 e. The zero-order chi connectivity index (χ0) is 13.0. The molecular weight excluding hydrogens is 268 g/mol. The first-order valence-electron chi connectivity index (χ1n) is 4.98. The highest BCUT2D eigenvalue weighted by molar-refractivity contribution is 6.35. The van der Waals surface area contributed by atoms with Gasteiger partial charge >= 0.3 is 5.97 Å². The maximum absolute atomic E-state index is 13.7. The van der Waals surface area contributed by atoms with Crippen LogP contribution >= 0.6 is 23.2 Å². The molecule has 94 valence electrons. The van der Waals surface area contributed by atoms with E-state index in [1.807, 2.05) is 0 Å². The molecule has 0 heterocycles. The summed E-state index contributed by atoms with van der Waals surface area (Å²) in [6.07, 6.45) is -1.95. The van der Waals surface area contributed by atoms with E-state index in [9.17, 15) is 9.18 Å². The van der Waals surface area contributed by atoms with Crippen LogP contribution < -0.4 is 5.73 Å². The minimum atomic E-state index is -1.95. The third-order valence-corrected chi connectivity index (χ3v) is 2.71. The predicted octanol–water partition coefficient (Wildman–Crippen LogP) is 2.89. The van der Waals surface area contributed by atoms with E-state index in [0.717, 1.165) is 0 Å². The van der Waals surface area contributed by atoms with Gasteiger partial charge < -0.3 is 10.5 Å². The Labute approximate surface area is 109 Å². The molecule has 0 amide bonds. The van der Waals surface area contributed by atoms with E-state index < -0.39 is 18.2 Å². The number of carbonyl (C=O) groups is 1. The summed E-state index contributed by atoms with van der Waals surface area (Å²) in [5.74, 6) is -0.994. The van der Waals surface area contributed by atoms with Crippen molar-refractivity contribution < 1.29 is 13.9 Å². The van der Waals surface area contributed by atoms with Gasteiger partial charge in [0.2, 0.25) is 6.17 Å². The fourth-order valence-corrected chi connectivity index (χ4v) is 1.83. The monoisotopic (exact) mass is 279 g/mol. The number of halogens is 3. The van der Waals surface area contributed by atoms with E-state index in [1.54, 1.807) is 6.92 Å². The molecule has 2 atom stereocenters. The highest BCUT2D eigenvalue weighted by Crippen LogP contribution is 2.28. The molecule has 0 aliphatic rings. The number of hydrogen-bond acceptors (Lipinski definition) is 3. The maximum atomic E-state index is 13.7. The number of rotatable bonds is 4. The summed E-state index contributed by atoms with van der Waals surface area (Å²) < 4.78 is 18.2. The van der Waals surface area contributed by atoms with Gasteiger partial charge in [-0.15, -0.1) is 0 Å². The van der Waals surface area contributed by atoms with Gasteiger partial charge in [-0.05, 0) is 24.6 Å². The minimum absolute atomic E-state index is 0.0975. The van der Waals surface area contributed by atoms with Gasteiger partial charge in [0.1, 0.15) is 0 Å². The van der Waals surface area contributed by atoms with Crippen LogP contribution in [0.5, 0.6) is 0 Å². The van der Waals surface area contributed by atoms with Gasteiger partial charge in [0.15, 0.2) is 0 Å². The zero-order valence-electron chi connectivity index (χ0n) is 9.12. The van der Waals surface area contributed by atoms with E-state index >= 15 is 0 Å². The quantitative estimate of drug-likeness (QED) is 0.863.